The van der Waals surface area contributed by atoms with Gasteiger partial charge < -0.3 is 10.1 Å². The van der Waals surface area contributed by atoms with Gasteiger partial charge in [-0.2, -0.15) is 5.10 Å². The molecular weight excluding hydrogens is 424 g/mol. The second kappa shape index (κ2) is 9.57. The van der Waals surface area contributed by atoms with E-state index in [-0.39, 0.29) is 23.7 Å². The Labute approximate surface area is 189 Å². The highest BCUT2D eigenvalue weighted by atomic mass is 32.1. The molecule has 1 amide bonds. The Morgan fingerprint density at radius 3 is 2.53 bits per heavy atom. The largest absolute Gasteiger partial charge is 0.497 e. The highest BCUT2D eigenvalue weighted by molar-refractivity contribution is 7.13. The Morgan fingerprint density at radius 2 is 1.81 bits per heavy atom. The summed E-state index contributed by atoms with van der Waals surface area (Å²) in [7, 11) is 1.63. The lowest BCUT2D eigenvalue weighted by Gasteiger charge is -2.08. The summed E-state index contributed by atoms with van der Waals surface area (Å²) >= 11 is 1.51. The summed E-state index contributed by atoms with van der Waals surface area (Å²) < 4.78 is 6.47. The van der Waals surface area contributed by atoms with Crippen LogP contribution in [0.3, 0.4) is 0 Å². The molecule has 0 saturated heterocycles. The van der Waals surface area contributed by atoms with Crippen molar-refractivity contribution in [2.45, 2.75) is 20.0 Å². The normalized spacial score (nSPS) is 10.7. The highest BCUT2D eigenvalue weighted by Crippen LogP contribution is 2.25. The molecule has 7 nitrogen and oxygen atoms in total. The zero-order valence-electron chi connectivity index (χ0n) is 17.7. The number of carbonyl (C=O) groups is 1. The Balaban J connectivity index is 1.41. The molecule has 0 atom stereocenters. The number of benzene rings is 2. The minimum atomic E-state index is -0.360. The van der Waals surface area contributed by atoms with E-state index in [9.17, 15) is 9.59 Å². The van der Waals surface area contributed by atoms with E-state index in [0.29, 0.717) is 6.54 Å². The summed E-state index contributed by atoms with van der Waals surface area (Å²) in [6.07, 6.45) is 0. The van der Waals surface area contributed by atoms with Crippen molar-refractivity contribution in [2.24, 2.45) is 0 Å². The van der Waals surface area contributed by atoms with E-state index < -0.39 is 0 Å². The third kappa shape index (κ3) is 5.09. The molecule has 0 unspecified atom stereocenters. The number of rotatable bonds is 7. The first-order valence-electron chi connectivity index (χ1n) is 10.0. The first kappa shape index (κ1) is 21.5. The number of thiazole rings is 1. The van der Waals surface area contributed by atoms with E-state index >= 15 is 0 Å². The molecule has 4 aromatic rings. The summed E-state index contributed by atoms with van der Waals surface area (Å²) in [6, 6.07) is 18.3. The number of hydrogen-bond donors (Lipinski definition) is 1. The maximum atomic E-state index is 12.6. The molecule has 2 aromatic heterocycles. The second-order valence-corrected chi connectivity index (χ2v) is 8.11. The standard InChI is InChI=1S/C24H22N4O3S/c1-16-3-5-17(6-4-16)14-28-22(29)12-11-21(27-28)23(30)25-13-19-15-32-24(26-19)18-7-9-20(31-2)10-8-18/h3-12,15H,13-14H2,1-2H3,(H,25,30). The number of amides is 1. The van der Waals surface area contributed by atoms with Crippen molar-refractivity contribution >= 4 is 17.2 Å². The van der Waals surface area contributed by atoms with Crippen LogP contribution in [0.25, 0.3) is 10.6 Å². The van der Waals surface area contributed by atoms with Crippen LogP contribution in [0.4, 0.5) is 0 Å². The fourth-order valence-corrected chi connectivity index (χ4v) is 3.89. The first-order chi connectivity index (χ1) is 15.5. The summed E-state index contributed by atoms with van der Waals surface area (Å²) in [5.74, 6) is 0.427. The van der Waals surface area contributed by atoms with E-state index in [1.807, 2.05) is 60.8 Å². The zero-order valence-corrected chi connectivity index (χ0v) is 18.6. The van der Waals surface area contributed by atoms with Crippen LogP contribution in [0.15, 0.2) is 70.8 Å². The maximum Gasteiger partial charge on any atom is 0.272 e. The minimum absolute atomic E-state index is 0.183. The molecule has 4 rings (SSSR count). The lowest BCUT2D eigenvalue weighted by Crippen LogP contribution is -2.29. The molecule has 162 valence electrons. The Hall–Kier alpha value is -3.78. The van der Waals surface area contributed by atoms with Gasteiger partial charge in [0.1, 0.15) is 16.5 Å². The van der Waals surface area contributed by atoms with Crippen molar-refractivity contribution in [2.75, 3.05) is 7.11 Å². The Kier molecular flexibility index (Phi) is 6.42. The fourth-order valence-electron chi connectivity index (χ4n) is 3.07. The molecule has 0 radical (unpaired) electrons. The number of nitrogens with zero attached hydrogens (tertiary/aromatic N) is 3. The van der Waals surface area contributed by atoms with Crippen LogP contribution in [-0.4, -0.2) is 27.8 Å². The number of hydrogen-bond acceptors (Lipinski definition) is 6. The summed E-state index contributed by atoms with van der Waals surface area (Å²) in [6.45, 7) is 2.57. The van der Waals surface area contributed by atoms with Crippen molar-refractivity contribution in [3.8, 4) is 16.3 Å². The maximum absolute atomic E-state index is 12.6. The minimum Gasteiger partial charge on any atom is -0.497 e. The summed E-state index contributed by atoms with van der Waals surface area (Å²) in [5, 5.41) is 9.83. The van der Waals surface area contributed by atoms with E-state index in [1.165, 1.54) is 28.2 Å². The van der Waals surface area contributed by atoms with Crippen molar-refractivity contribution in [1.29, 1.82) is 0 Å². The Morgan fingerprint density at radius 1 is 1.06 bits per heavy atom. The van der Waals surface area contributed by atoms with Gasteiger partial charge in [-0.15, -0.1) is 11.3 Å². The molecular formula is C24H22N4O3S. The smallest absolute Gasteiger partial charge is 0.272 e. The molecule has 0 aliphatic rings. The van der Waals surface area contributed by atoms with Crippen LogP contribution < -0.4 is 15.6 Å². The number of carbonyl (C=O) groups excluding carboxylic acids is 1. The van der Waals surface area contributed by atoms with Gasteiger partial charge in [-0.05, 0) is 42.8 Å². The summed E-state index contributed by atoms with van der Waals surface area (Å²) in [5.41, 5.74) is 3.74. The van der Waals surface area contributed by atoms with E-state index in [2.05, 4.69) is 15.4 Å². The quantitative estimate of drug-likeness (QED) is 0.468. The van der Waals surface area contributed by atoms with E-state index in [0.717, 1.165) is 33.1 Å². The Bertz CT molecular complexity index is 1280. The van der Waals surface area contributed by atoms with Gasteiger partial charge in [0.05, 0.1) is 25.9 Å². The third-order valence-electron chi connectivity index (χ3n) is 4.87. The molecule has 0 fully saturated rings. The highest BCUT2D eigenvalue weighted by Gasteiger charge is 2.12. The molecule has 0 saturated carbocycles. The van der Waals surface area contributed by atoms with Crippen LogP contribution in [0.5, 0.6) is 5.75 Å². The van der Waals surface area contributed by atoms with Crippen molar-refractivity contribution in [1.82, 2.24) is 20.1 Å². The van der Waals surface area contributed by atoms with Crippen LogP contribution in [0, 0.1) is 6.92 Å². The number of aryl methyl sites for hydroxylation is 1. The van der Waals surface area contributed by atoms with Gasteiger partial charge in [-0.1, -0.05) is 29.8 Å². The molecule has 8 heteroatoms. The van der Waals surface area contributed by atoms with E-state index in [1.54, 1.807) is 7.11 Å². The first-order valence-corrected chi connectivity index (χ1v) is 10.9. The molecule has 0 aliphatic heterocycles. The lowest BCUT2D eigenvalue weighted by atomic mass is 10.1. The molecule has 0 bridgehead atoms. The van der Waals surface area contributed by atoms with Crippen LogP contribution in [0.2, 0.25) is 0 Å². The molecule has 2 heterocycles. The van der Waals surface area contributed by atoms with Crippen LogP contribution in [-0.2, 0) is 13.1 Å². The molecule has 0 aliphatic carbocycles. The summed E-state index contributed by atoms with van der Waals surface area (Å²) in [4.78, 5) is 29.4. The topological polar surface area (TPSA) is 86.1 Å². The van der Waals surface area contributed by atoms with Gasteiger partial charge in [-0.3, -0.25) is 9.59 Å². The molecule has 1 N–H and O–H groups in total. The predicted molar refractivity (Wildman–Crippen MR) is 124 cm³/mol. The predicted octanol–water partition coefficient (Wildman–Crippen LogP) is 3.66. The number of methoxy groups -OCH3 is 1. The van der Waals surface area contributed by atoms with Crippen LogP contribution >= 0.6 is 11.3 Å². The monoisotopic (exact) mass is 446 g/mol. The lowest BCUT2D eigenvalue weighted by molar-refractivity contribution is 0.0943. The second-order valence-electron chi connectivity index (χ2n) is 7.26. The zero-order chi connectivity index (χ0) is 22.5. The van der Waals surface area contributed by atoms with Gasteiger partial charge in [0.15, 0.2) is 0 Å². The average molecular weight is 447 g/mol. The third-order valence-corrected chi connectivity index (χ3v) is 5.81. The molecule has 32 heavy (non-hydrogen) atoms. The number of aromatic nitrogens is 3. The molecule has 2 aromatic carbocycles. The van der Waals surface area contributed by atoms with Crippen molar-refractivity contribution < 1.29 is 9.53 Å². The van der Waals surface area contributed by atoms with E-state index in [4.69, 9.17) is 4.74 Å². The fraction of sp³-hybridized carbons (Fsp3) is 0.167. The number of nitrogens with one attached hydrogen (secondary N) is 1. The van der Waals surface area contributed by atoms with Gasteiger partial charge in [0.2, 0.25) is 0 Å². The van der Waals surface area contributed by atoms with Crippen molar-refractivity contribution in [3.63, 3.8) is 0 Å². The van der Waals surface area contributed by atoms with Gasteiger partial charge >= 0.3 is 0 Å². The average Bonchev–Trinajstić information content (AvgIpc) is 3.29. The van der Waals surface area contributed by atoms with Crippen molar-refractivity contribution in [3.05, 3.63) is 98.9 Å². The van der Waals surface area contributed by atoms with Gasteiger partial charge in [-0.25, -0.2) is 9.67 Å². The SMILES string of the molecule is COc1ccc(-c2nc(CNC(=O)c3ccc(=O)n(Cc4ccc(C)cc4)n3)cs2)cc1. The van der Waals surface area contributed by atoms with Gasteiger partial charge in [0, 0.05) is 17.0 Å². The van der Waals surface area contributed by atoms with Crippen LogP contribution in [0.1, 0.15) is 27.3 Å². The van der Waals surface area contributed by atoms with Gasteiger partial charge in [0.25, 0.3) is 11.5 Å². The molecule has 0 spiro atoms. The number of ether oxygens (including phenoxy) is 1.